The van der Waals surface area contributed by atoms with Crippen LogP contribution in [0.3, 0.4) is 0 Å². The van der Waals surface area contributed by atoms with Crippen LogP contribution in [0.1, 0.15) is 50.6 Å². The second-order valence-electron chi connectivity index (χ2n) is 7.59. The second kappa shape index (κ2) is 9.96. The van der Waals surface area contributed by atoms with Crippen LogP contribution in [0.5, 0.6) is 11.5 Å². The highest BCUT2D eigenvalue weighted by Gasteiger charge is 2.36. The molecule has 3 rings (SSSR count). The van der Waals surface area contributed by atoms with Crippen molar-refractivity contribution in [1.29, 1.82) is 0 Å². The largest absolute Gasteiger partial charge is 0.497 e. The van der Waals surface area contributed by atoms with Gasteiger partial charge in [0.15, 0.2) is 0 Å². The van der Waals surface area contributed by atoms with E-state index in [1.807, 2.05) is 18.2 Å². The first-order valence-corrected chi connectivity index (χ1v) is 10.5. The Morgan fingerprint density at radius 3 is 2.62 bits per heavy atom. The van der Waals surface area contributed by atoms with Crippen molar-refractivity contribution in [2.24, 2.45) is 0 Å². The summed E-state index contributed by atoms with van der Waals surface area (Å²) < 4.78 is 16.2. The number of hydrogen-bond donors (Lipinski definition) is 0. The zero-order valence-electron chi connectivity index (χ0n) is 17.7. The van der Waals surface area contributed by atoms with Crippen molar-refractivity contribution in [3.05, 3.63) is 23.8 Å². The van der Waals surface area contributed by atoms with Crippen LogP contribution in [-0.2, 0) is 14.3 Å². The Morgan fingerprint density at radius 1 is 1.07 bits per heavy atom. The summed E-state index contributed by atoms with van der Waals surface area (Å²) in [6.45, 7) is 3.88. The second-order valence-corrected chi connectivity index (χ2v) is 7.59. The smallest absolute Gasteiger partial charge is 0.328 e. The molecule has 2 heterocycles. The first kappa shape index (κ1) is 21.4. The number of esters is 1. The number of carbonyl (C=O) groups is 2. The summed E-state index contributed by atoms with van der Waals surface area (Å²) in [7, 11) is 3.31. The SMILES string of the molecule is CCOC(=O)[C@@H]1CCCCN1C(=O)CN1CCC[C@@H]1c1cc(OC)ccc1OC. The van der Waals surface area contributed by atoms with E-state index < -0.39 is 6.04 Å². The molecule has 0 unspecified atom stereocenters. The molecule has 2 aliphatic heterocycles. The van der Waals surface area contributed by atoms with E-state index >= 15 is 0 Å². The van der Waals surface area contributed by atoms with Crippen molar-refractivity contribution >= 4 is 11.9 Å². The lowest BCUT2D eigenvalue weighted by Crippen LogP contribution is -2.51. The van der Waals surface area contributed by atoms with Gasteiger partial charge in [0.2, 0.25) is 5.91 Å². The van der Waals surface area contributed by atoms with E-state index in [-0.39, 0.29) is 17.9 Å². The maximum absolute atomic E-state index is 13.1. The molecule has 1 aromatic carbocycles. The first-order valence-electron chi connectivity index (χ1n) is 10.5. The van der Waals surface area contributed by atoms with E-state index in [0.717, 1.165) is 49.3 Å². The van der Waals surface area contributed by atoms with Gasteiger partial charge >= 0.3 is 5.97 Å². The highest BCUT2D eigenvalue weighted by atomic mass is 16.5. The number of methoxy groups -OCH3 is 2. The molecule has 0 radical (unpaired) electrons. The average Bonchev–Trinajstić information content (AvgIpc) is 3.21. The molecule has 0 saturated carbocycles. The molecule has 0 spiro atoms. The normalized spacial score (nSPS) is 22.4. The number of piperidine rings is 1. The number of nitrogens with zero attached hydrogens (tertiary/aromatic N) is 2. The number of benzene rings is 1. The van der Waals surface area contributed by atoms with Gasteiger partial charge in [-0.25, -0.2) is 4.79 Å². The summed E-state index contributed by atoms with van der Waals surface area (Å²) in [5, 5.41) is 0. The average molecular weight is 405 g/mol. The van der Waals surface area contributed by atoms with Gasteiger partial charge < -0.3 is 19.1 Å². The molecule has 1 amide bonds. The van der Waals surface area contributed by atoms with Gasteiger partial charge in [-0.3, -0.25) is 9.69 Å². The highest BCUT2D eigenvalue weighted by molar-refractivity contribution is 5.86. The number of rotatable bonds is 7. The van der Waals surface area contributed by atoms with Crippen LogP contribution >= 0.6 is 0 Å². The van der Waals surface area contributed by atoms with Crippen LogP contribution in [0, 0.1) is 0 Å². The van der Waals surface area contributed by atoms with Crippen molar-refractivity contribution in [3.8, 4) is 11.5 Å². The minimum Gasteiger partial charge on any atom is -0.497 e. The predicted molar refractivity (Wildman–Crippen MR) is 109 cm³/mol. The van der Waals surface area contributed by atoms with E-state index in [1.54, 1.807) is 26.0 Å². The quantitative estimate of drug-likeness (QED) is 0.651. The molecule has 0 N–H and O–H groups in total. The molecule has 29 heavy (non-hydrogen) atoms. The molecule has 7 heteroatoms. The van der Waals surface area contributed by atoms with Gasteiger partial charge in [-0.2, -0.15) is 0 Å². The van der Waals surface area contributed by atoms with E-state index in [2.05, 4.69) is 4.90 Å². The topological polar surface area (TPSA) is 68.3 Å². The molecule has 2 fully saturated rings. The lowest BCUT2D eigenvalue weighted by atomic mass is 10.0. The van der Waals surface area contributed by atoms with Gasteiger partial charge in [0, 0.05) is 18.2 Å². The maximum atomic E-state index is 13.1. The van der Waals surface area contributed by atoms with Gasteiger partial charge in [-0.15, -0.1) is 0 Å². The van der Waals surface area contributed by atoms with Crippen molar-refractivity contribution in [2.45, 2.75) is 51.1 Å². The predicted octanol–water partition coefficient (Wildman–Crippen LogP) is 2.78. The highest BCUT2D eigenvalue weighted by Crippen LogP contribution is 2.38. The molecule has 160 valence electrons. The van der Waals surface area contributed by atoms with E-state index in [0.29, 0.717) is 26.1 Å². The summed E-state index contributed by atoms with van der Waals surface area (Å²) >= 11 is 0. The van der Waals surface area contributed by atoms with Crippen molar-refractivity contribution in [1.82, 2.24) is 9.80 Å². The number of likely N-dealkylation sites (tertiary alicyclic amines) is 2. The van der Waals surface area contributed by atoms with E-state index in [4.69, 9.17) is 14.2 Å². The Bertz CT molecular complexity index is 723. The Morgan fingerprint density at radius 2 is 1.90 bits per heavy atom. The summed E-state index contributed by atoms with van der Waals surface area (Å²) in [5.41, 5.74) is 1.04. The molecule has 2 saturated heterocycles. The molecule has 7 nitrogen and oxygen atoms in total. The molecular weight excluding hydrogens is 372 g/mol. The monoisotopic (exact) mass is 404 g/mol. The number of carbonyl (C=O) groups excluding carboxylic acids is 2. The molecular formula is C22H32N2O5. The van der Waals surface area contributed by atoms with Gasteiger partial charge in [-0.1, -0.05) is 0 Å². The van der Waals surface area contributed by atoms with Gasteiger partial charge in [0.25, 0.3) is 0 Å². The Kier molecular flexibility index (Phi) is 7.36. The minimum atomic E-state index is -0.455. The zero-order valence-corrected chi connectivity index (χ0v) is 17.7. The third-order valence-electron chi connectivity index (χ3n) is 5.88. The minimum absolute atomic E-state index is 0.00323. The van der Waals surface area contributed by atoms with Crippen molar-refractivity contribution in [2.75, 3.05) is 40.5 Å². The lowest BCUT2D eigenvalue weighted by molar-refractivity contribution is -0.157. The van der Waals surface area contributed by atoms with E-state index in [9.17, 15) is 9.59 Å². The summed E-state index contributed by atoms with van der Waals surface area (Å²) in [6.07, 6.45) is 4.52. The van der Waals surface area contributed by atoms with Crippen LogP contribution in [0.4, 0.5) is 0 Å². The molecule has 0 aromatic heterocycles. The number of ether oxygens (including phenoxy) is 3. The molecule has 2 atom stereocenters. The Balaban J connectivity index is 1.75. The van der Waals surface area contributed by atoms with Crippen LogP contribution in [0.25, 0.3) is 0 Å². The first-order chi connectivity index (χ1) is 14.1. The summed E-state index contributed by atoms with van der Waals surface area (Å²) in [5.74, 6) is 1.29. The molecule has 1 aromatic rings. The Labute approximate surface area is 172 Å². The fourth-order valence-electron chi connectivity index (χ4n) is 4.45. The molecule has 0 bridgehead atoms. The van der Waals surface area contributed by atoms with Gasteiger partial charge in [0.05, 0.1) is 27.4 Å². The standard InChI is InChI=1S/C22H32N2O5/c1-4-29-22(26)19-8-5-6-13-24(19)21(25)15-23-12-7-9-18(23)17-14-16(27-2)10-11-20(17)28-3/h10-11,14,18-19H,4-9,12-13,15H2,1-3H3/t18-,19+/m1/s1. The summed E-state index contributed by atoms with van der Waals surface area (Å²) in [4.78, 5) is 29.4. The van der Waals surface area contributed by atoms with Crippen LogP contribution in [-0.4, -0.2) is 68.2 Å². The third kappa shape index (κ3) is 4.83. The van der Waals surface area contributed by atoms with E-state index in [1.165, 1.54) is 0 Å². The maximum Gasteiger partial charge on any atom is 0.328 e. The zero-order chi connectivity index (χ0) is 20.8. The molecule has 2 aliphatic rings. The number of amides is 1. The fourth-order valence-corrected chi connectivity index (χ4v) is 4.45. The Hall–Kier alpha value is -2.28. The van der Waals surface area contributed by atoms with Crippen molar-refractivity contribution < 1.29 is 23.8 Å². The lowest BCUT2D eigenvalue weighted by Gasteiger charge is -2.36. The number of hydrogen-bond acceptors (Lipinski definition) is 6. The molecule has 0 aliphatic carbocycles. The third-order valence-corrected chi connectivity index (χ3v) is 5.88. The fraction of sp³-hybridized carbons (Fsp3) is 0.636. The van der Waals surface area contributed by atoms with Crippen LogP contribution in [0.2, 0.25) is 0 Å². The van der Waals surface area contributed by atoms with Crippen molar-refractivity contribution in [3.63, 3.8) is 0 Å². The van der Waals surface area contributed by atoms with Gasteiger partial charge in [0.1, 0.15) is 17.5 Å². The summed E-state index contributed by atoms with van der Waals surface area (Å²) in [6, 6.07) is 5.42. The van der Waals surface area contributed by atoms with Gasteiger partial charge in [-0.05, 0) is 63.8 Å². The van der Waals surface area contributed by atoms with Crippen LogP contribution < -0.4 is 9.47 Å². The van der Waals surface area contributed by atoms with Crippen LogP contribution in [0.15, 0.2) is 18.2 Å².